The molecule has 0 fully saturated rings. The van der Waals surface area contributed by atoms with Crippen LogP contribution < -0.4 is 5.32 Å². The van der Waals surface area contributed by atoms with E-state index in [1.54, 1.807) is 0 Å². The van der Waals surface area contributed by atoms with Crippen molar-refractivity contribution in [3.05, 3.63) is 48.2 Å². The Morgan fingerprint density at radius 2 is 2.00 bits per heavy atom. The second-order valence-electron chi connectivity index (χ2n) is 5.10. The lowest BCUT2D eigenvalue weighted by molar-refractivity contribution is 0.282. The number of hydrogen-bond donors (Lipinski definition) is 2. The maximum absolute atomic E-state index is 8.82. The molecule has 3 rings (SSSR count). The summed E-state index contributed by atoms with van der Waals surface area (Å²) in [4.78, 5) is 0. The van der Waals surface area contributed by atoms with Gasteiger partial charge in [0.05, 0.1) is 6.04 Å². The van der Waals surface area contributed by atoms with Gasteiger partial charge in [0.1, 0.15) is 11.3 Å². The topological polar surface area (TPSA) is 45.4 Å². The van der Waals surface area contributed by atoms with E-state index in [1.807, 2.05) is 12.1 Å². The number of aliphatic hydroxyl groups excluding tert-OH is 1. The third kappa shape index (κ3) is 2.42. The number of hydrogen-bond acceptors (Lipinski definition) is 3. The van der Waals surface area contributed by atoms with Crippen LogP contribution in [-0.4, -0.2) is 18.3 Å². The summed E-state index contributed by atoms with van der Waals surface area (Å²) in [7, 11) is 0. The van der Waals surface area contributed by atoms with E-state index >= 15 is 0 Å². The Bertz CT molecular complexity index is 717. The molecule has 3 nitrogen and oxygen atoms in total. The molecule has 0 aliphatic carbocycles. The minimum atomic E-state index is 0.146. The fourth-order valence-electron chi connectivity index (χ4n) is 2.52. The van der Waals surface area contributed by atoms with Crippen LogP contribution in [0.2, 0.25) is 0 Å². The van der Waals surface area contributed by atoms with E-state index in [0.29, 0.717) is 0 Å². The van der Waals surface area contributed by atoms with Gasteiger partial charge in [-0.05, 0) is 42.8 Å². The fourth-order valence-corrected chi connectivity index (χ4v) is 2.52. The Morgan fingerprint density at radius 1 is 1.15 bits per heavy atom. The molecule has 0 saturated carbocycles. The van der Waals surface area contributed by atoms with Crippen LogP contribution in [0, 0.1) is 0 Å². The maximum atomic E-state index is 8.82. The molecule has 2 aromatic carbocycles. The summed E-state index contributed by atoms with van der Waals surface area (Å²) >= 11 is 0. The number of benzene rings is 2. The first-order valence-electron chi connectivity index (χ1n) is 7.05. The van der Waals surface area contributed by atoms with E-state index in [9.17, 15) is 0 Å². The summed E-state index contributed by atoms with van der Waals surface area (Å²) in [5.41, 5.74) is 0.925. The molecular formula is C17H19NO2. The fraction of sp³-hybridized carbons (Fsp3) is 0.294. The minimum Gasteiger partial charge on any atom is -0.459 e. The zero-order chi connectivity index (χ0) is 13.9. The van der Waals surface area contributed by atoms with Crippen molar-refractivity contribution in [1.82, 2.24) is 5.32 Å². The van der Waals surface area contributed by atoms with Gasteiger partial charge in [-0.1, -0.05) is 30.3 Å². The summed E-state index contributed by atoms with van der Waals surface area (Å²) in [6, 6.07) is 14.7. The molecule has 2 N–H and O–H groups in total. The van der Waals surface area contributed by atoms with E-state index in [2.05, 4.69) is 42.6 Å². The SMILES string of the molecule is CC(NCCCO)c1cc2c(ccc3ccccc32)o1. The lowest BCUT2D eigenvalue weighted by Gasteiger charge is -2.09. The lowest BCUT2D eigenvalue weighted by Crippen LogP contribution is -2.20. The van der Waals surface area contributed by atoms with Crippen LogP contribution in [0.3, 0.4) is 0 Å². The molecular weight excluding hydrogens is 250 g/mol. The quantitative estimate of drug-likeness (QED) is 0.695. The molecule has 3 heteroatoms. The first-order chi connectivity index (χ1) is 9.79. The van der Waals surface area contributed by atoms with Gasteiger partial charge in [-0.25, -0.2) is 0 Å². The largest absolute Gasteiger partial charge is 0.459 e. The highest BCUT2D eigenvalue weighted by Gasteiger charge is 2.12. The monoisotopic (exact) mass is 269 g/mol. The van der Waals surface area contributed by atoms with Gasteiger partial charge in [0, 0.05) is 12.0 Å². The van der Waals surface area contributed by atoms with Crippen LogP contribution in [0.15, 0.2) is 46.9 Å². The lowest BCUT2D eigenvalue weighted by atomic mass is 10.1. The van der Waals surface area contributed by atoms with Crippen molar-refractivity contribution in [2.45, 2.75) is 19.4 Å². The van der Waals surface area contributed by atoms with Crippen LogP contribution >= 0.6 is 0 Å². The first kappa shape index (κ1) is 13.2. The zero-order valence-electron chi connectivity index (χ0n) is 11.6. The van der Waals surface area contributed by atoms with Crippen molar-refractivity contribution in [3.8, 4) is 0 Å². The number of fused-ring (bicyclic) bond motifs is 3. The minimum absolute atomic E-state index is 0.146. The van der Waals surface area contributed by atoms with Crippen LogP contribution in [0.25, 0.3) is 21.7 Å². The van der Waals surface area contributed by atoms with Crippen LogP contribution in [-0.2, 0) is 0 Å². The molecule has 104 valence electrons. The van der Waals surface area contributed by atoms with Gasteiger partial charge in [0.25, 0.3) is 0 Å². The molecule has 0 bridgehead atoms. The summed E-state index contributed by atoms with van der Waals surface area (Å²) in [5, 5.41) is 15.8. The highest BCUT2D eigenvalue weighted by atomic mass is 16.3. The Morgan fingerprint density at radius 3 is 2.85 bits per heavy atom. The third-order valence-electron chi connectivity index (χ3n) is 3.66. The molecule has 0 amide bonds. The summed E-state index contributed by atoms with van der Waals surface area (Å²) in [5.74, 6) is 0.939. The number of nitrogens with one attached hydrogen (secondary N) is 1. The van der Waals surface area contributed by atoms with Gasteiger partial charge >= 0.3 is 0 Å². The highest BCUT2D eigenvalue weighted by molar-refractivity contribution is 6.05. The second kappa shape index (κ2) is 5.65. The van der Waals surface area contributed by atoms with E-state index < -0.39 is 0 Å². The molecule has 1 unspecified atom stereocenters. The molecule has 0 aliphatic rings. The second-order valence-corrected chi connectivity index (χ2v) is 5.10. The first-order valence-corrected chi connectivity index (χ1v) is 7.05. The molecule has 0 aliphatic heterocycles. The average molecular weight is 269 g/mol. The van der Waals surface area contributed by atoms with Crippen LogP contribution in [0.4, 0.5) is 0 Å². The van der Waals surface area contributed by atoms with E-state index in [0.717, 1.165) is 29.7 Å². The van der Waals surface area contributed by atoms with Gasteiger partial charge in [-0.2, -0.15) is 0 Å². The van der Waals surface area contributed by atoms with Crippen molar-refractivity contribution in [2.75, 3.05) is 13.2 Å². The van der Waals surface area contributed by atoms with Crippen molar-refractivity contribution >= 4 is 21.7 Å². The smallest absolute Gasteiger partial charge is 0.135 e. The predicted molar refractivity (Wildman–Crippen MR) is 81.8 cm³/mol. The third-order valence-corrected chi connectivity index (χ3v) is 3.66. The Kier molecular flexibility index (Phi) is 3.72. The molecule has 20 heavy (non-hydrogen) atoms. The van der Waals surface area contributed by atoms with Gasteiger partial charge in [-0.15, -0.1) is 0 Å². The van der Waals surface area contributed by atoms with Crippen molar-refractivity contribution in [3.63, 3.8) is 0 Å². The van der Waals surface area contributed by atoms with Crippen LogP contribution in [0.1, 0.15) is 25.1 Å². The van der Waals surface area contributed by atoms with E-state index in [-0.39, 0.29) is 12.6 Å². The maximum Gasteiger partial charge on any atom is 0.135 e. The summed E-state index contributed by atoms with van der Waals surface area (Å²) in [6.45, 7) is 3.08. The van der Waals surface area contributed by atoms with Crippen molar-refractivity contribution in [2.24, 2.45) is 0 Å². The molecule has 0 saturated heterocycles. The Hall–Kier alpha value is -1.84. The Balaban J connectivity index is 1.96. The van der Waals surface area contributed by atoms with Crippen molar-refractivity contribution < 1.29 is 9.52 Å². The van der Waals surface area contributed by atoms with E-state index in [4.69, 9.17) is 9.52 Å². The highest BCUT2D eigenvalue weighted by Crippen LogP contribution is 2.30. The summed E-state index contributed by atoms with van der Waals surface area (Å²) < 4.78 is 5.94. The van der Waals surface area contributed by atoms with Gasteiger partial charge in [0.2, 0.25) is 0 Å². The molecule has 1 aromatic heterocycles. The molecule has 1 heterocycles. The number of rotatable bonds is 5. The summed E-state index contributed by atoms with van der Waals surface area (Å²) in [6.07, 6.45) is 0.757. The van der Waals surface area contributed by atoms with Gasteiger partial charge in [-0.3, -0.25) is 0 Å². The Labute approximate surface area is 118 Å². The standard InChI is InChI=1S/C17H19NO2/c1-12(18-9-4-10-19)17-11-15-14-6-3-2-5-13(14)7-8-16(15)20-17/h2-3,5-8,11-12,18-19H,4,9-10H2,1H3. The molecule has 3 aromatic rings. The molecule has 0 radical (unpaired) electrons. The number of aliphatic hydroxyl groups is 1. The molecule has 1 atom stereocenters. The van der Waals surface area contributed by atoms with Crippen molar-refractivity contribution in [1.29, 1.82) is 0 Å². The predicted octanol–water partition coefficient (Wildman–Crippen LogP) is 3.62. The van der Waals surface area contributed by atoms with Gasteiger partial charge < -0.3 is 14.8 Å². The number of furan rings is 1. The van der Waals surface area contributed by atoms with Gasteiger partial charge in [0.15, 0.2) is 0 Å². The zero-order valence-corrected chi connectivity index (χ0v) is 11.6. The van der Waals surface area contributed by atoms with E-state index in [1.165, 1.54) is 10.8 Å². The van der Waals surface area contributed by atoms with Crippen LogP contribution in [0.5, 0.6) is 0 Å². The normalized spacial score (nSPS) is 13.1. The molecule has 0 spiro atoms. The average Bonchev–Trinajstić information content (AvgIpc) is 2.92.